The molecule has 0 aliphatic rings. The van der Waals surface area contributed by atoms with Crippen LogP contribution in [0.5, 0.6) is 0 Å². The van der Waals surface area contributed by atoms with Gasteiger partial charge in [0.25, 0.3) is 34.8 Å². The fourth-order valence-corrected chi connectivity index (χ4v) is 10.3. The van der Waals surface area contributed by atoms with E-state index < -0.39 is 133 Å². The second kappa shape index (κ2) is 49.2. The second-order valence-corrected chi connectivity index (χ2v) is 24.2. The maximum atomic E-state index is 13.7. The summed E-state index contributed by atoms with van der Waals surface area (Å²) in [5.74, 6) is -14.0. The maximum absolute atomic E-state index is 13.7. The largest absolute Gasteiger partial charge is 2.00 e. The van der Waals surface area contributed by atoms with Crippen LogP contribution in [0.3, 0.4) is 0 Å². The molecular weight excluding hydrogens is 1710 g/mol. The van der Waals surface area contributed by atoms with E-state index in [0.29, 0.717) is 23.4 Å². The number of aromatic nitrogens is 7. The van der Waals surface area contributed by atoms with Gasteiger partial charge in [-0.05, 0) is 152 Å². The van der Waals surface area contributed by atoms with Gasteiger partial charge in [-0.2, -0.15) is 6.92 Å². The molecule has 618 valence electrons. The monoisotopic (exact) mass is 1770 g/mol. The zero-order valence-corrected chi connectivity index (χ0v) is 68.3. The molecule has 25 nitrogen and oxygen atoms in total. The summed E-state index contributed by atoms with van der Waals surface area (Å²) >= 11 is 6.44. The number of hydroxylamine groups is 2. The number of rotatable bonds is 17. The first-order chi connectivity index (χ1) is 56.4. The molecule has 0 aliphatic heterocycles. The summed E-state index contributed by atoms with van der Waals surface area (Å²) in [5, 5.41) is 9.92. The smallest absolute Gasteiger partial charge is 1.00 e. The number of hydrogen-bond donors (Lipinski definition) is 5. The van der Waals surface area contributed by atoms with Crippen LogP contribution < -0.4 is 44.0 Å². The summed E-state index contributed by atoms with van der Waals surface area (Å²) in [7, 11) is 5.31. The Bertz CT molecular complexity index is 5320. The molecule has 0 spiro atoms. The Morgan fingerprint density at radius 3 is 1.06 bits per heavy atom. The molecular formula is C81H65BrClF10MgN13O12S. The molecule has 0 bridgehead atoms. The Hall–Kier alpha value is -13.1. The number of ketones is 1. The van der Waals surface area contributed by atoms with E-state index in [1.807, 2.05) is 19.1 Å². The number of amides is 5. The number of nitrogens with two attached hydrogens (primary N) is 1. The van der Waals surface area contributed by atoms with Gasteiger partial charge in [-0.3, -0.25) is 43.4 Å². The third-order valence-electron chi connectivity index (χ3n) is 15.0. The molecule has 39 heteroatoms. The Balaban J connectivity index is 0.000000308. The summed E-state index contributed by atoms with van der Waals surface area (Å²) in [6.45, 7) is 8.68. The summed E-state index contributed by atoms with van der Waals surface area (Å²) in [4.78, 5) is 137. The molecule has 7 heterocycles. The molecule has 0 radical (unpaired) electrons. The van der Waals surface area contributed by atoms with E-state index in [1.54, 1.807) is 68.0 Å². The van der Waals surface area contributed by atoms with Gasteiger partial charge in [0.05, 0.1) is 43.7 Å². The molecule has 0 saturated carbocycles. The molecule has 0 saturated heterocycles. The topological polar surface area (TPSA) is 349 Å². The number of thiazole rings is 1. The van der Waals surface area contributed by atoms with Crippen LogP contribution in [0, 0.1) is 72.0 Å². The Morgan fingerprint density at radius 2 is 0.775 bits per heavy atom. The van der Waals surface area contributed by atoms with E-state index in [0.717, 1.165) is 111 Å². The van der Waals surface area contributed by atoms with Gasteiger partial charge in [0.1, 0.15) is 120 Å². The van der Waals surface area contributed by atoms with E-state index in [4.69, 9.17) is 22.2 Å². The van der Waals surface area contributed by atoms with Crippen LogP contribution in [-0.2, 0) is 14.3 Å². The van der Waals surface area contributed by atoms with E-state index >= 15 is 0 Å². The number of ether oxygens (including phenoxy) is 2. The van der Waals surface area contributed by atoms with Gasteiger partial charge < -0.3 is 60.4 Å². The predicted octanol–water partition coefficient (Wildman–Crippen LogP) is 13.2. The summed E-state index contributed by atoms with van der Waals surface area (Å²) < 4.78 is 142. The van der Waals surface area contributed by atoms with Crippen LogP contribution in [0.15, 0.2) is 207 Å². The van der Waals surface area contributed by atoms with Crippen molar-refractivity contribution in [2.24, 2.45) is 0 Å². The number of pyridine rings is 6. The number of benzene rings is 5. The van der Waals surface area contributed by atoms with Gasteiger partial charge in [0.15, 0.2) is 5.78 Å². The van der Waals surface area contributed by atoms with Gasteiger partial charge in [-0.1, -0.05) is 37.3 Å². The number of Topliss-reactive ketones (excluding diaryl/α,β-unsaturated/α-hetero) is 1. The summed E-state index contributed by atoms with van der Waals surface area (Å²) in [6, 6.07) is 34.3. The zero-order valence-electron chi connectivity index (χ0n) is 63.7. The fraction of sp³-hybridized carbons (Fsp3) is 0.0988. The number of hydrogen-bond acceptors (Lipinski definition) is 21. The first-order valence-electron chi connectivity index (χ1n) is 33.7. The van der Waals surface area contributed by atoms with Crippen molar-refractivity contribution in [3.63, 3.8) is 0 Å². The normalized spacial score (nSPS) is 9.89. The number of nitrogen functional groups attached to an aromatic ring is 1. The first kappa shape index (κ1) is 99.2. The standard InChI is InChI=1S/C21H14F2N4OS.C15H13F2N3O3.C15H12F2N2O2.C14H10F2N2O3.C7H3ClF2O.C7H8N2O2.C2H5.BrH.Mg/c1-12-19(27-21(29-12)14-4-3-9-24-10-14)13-7-8-17(25-11-13)26-20(28)18-15(22)5-2-6-16(18)23;1-20(23-2)15(22)9-6-7-12(18-8-9)19-14(21)13-10(16)4-3-5-11(13)17;1-2-12(20)9-6-7-13(18-8-9)19-15(21)14-10(16)4-3-5-11(14)17;1-21-14(20)8-5-6-11(17-7-8)18-13(19)12-9(15)3-2-4-10(12)16;8-7(11)6-4(9)2-1-3-5(6)10;1-11-7(10)5-2-3-6(8)9-4-5;1-2;;/h2-11H,1H3,(H,25,26,28);3-8H,1-2H3,(H,18,19,21);3-8H,2H2,1H3,(H,18,19,21);2-7H,1H3,(H,17,18,19);1-3H;2-4H,1H3,(H2,8,9);1H2,2H3;1H;/q;;;;;;-1;;+2/p-1. The average Bonchev–Trinajstić information content (AvgIpc) is 0.851. The number of nitrogens with one attached hydrogen (secondary N) is 4. The molecule has 6 N–H and O–H groups in total. The van der Waals surface area contributed by atoms with Crippen molar-refractivity contribution in [1.29, 1.82) is 0 Å². The molecule has 0 unspecified atom stereocenters. The number of carbonyl (C=O) groups excluding carboxylic acids is 9. The van der Waals surface area contributed by atoms with Crippen molar-refractivity contribution in [2.45, 2.75) is 27.2 Å². The minimum atomic E-state index is -1.12. The Kier molecular flexibility index (Phi) is 40.7. The molecule has 12 rings (SSSR count). The molecule has 7 aromatic heterocycles. The number of nitrogens with zero attached hydrogens (tertiary/aromatic N) is 8. The molecule has 0 fully saturated rings. The van der Waals surface area contributed by atoms with Crippen molar-refractivity contribution >= 4 is 128 Å². The second-order valence-electron chi connectivity index (χ2n) is 22.7. The van der Waals surface area contributed by atoms with Crippen molar-refractivity contribution < 1.29 is 118 Å². The molecule has 12 aromatic rings. The van der Waals surface area contributed by atoms with E-state index in [2.05, 4.69) is 72.6 Å². The zero-order chi connectivity index (χ0) is 86.9. The summed E-state index contributed by atoms with van der Waals surface area (Å²) in [6.07, 6.45) is 10.4. The molecule has 120 heavy (non-hydrogen) atoms. The van der Waals surface area contributed by atoms with Crippen LogP contribution >= 0.6 is 22.9 Å². The Labute approximate surface area is 713 Å². The Morgan fingerprint density at radius 1 is 0.442 bits per heavy atom. The molecule has 5 amide bonds. The van der Waals surface area contributed by atoms with Crippen LogP contribution in [-0.4, -0.2) is 144 Å². The van der Waals surface area contributed by atoms with Crippen LogP contribution in [0.1, 0.15) is 118 Å². The quantitative estimate of drug-likeness (QED) is 0.0107. The molecule has 0 aliphatic carbocycles. The van der Waals surface area contributed by atoms with Gasteiger partial charge in [0.2, 0.25) is 0 Å². The SMILES string of the molecule is CCC(=O)c1ccc(NC(=O)c2c(F)cccc2F)nc1.COC(=O)c1ccc(N)nc1.COC(=O)c1ccc(NC(=O)c2c(F)cccc2F)nc1.CON(C)C(=O)c1ccc(NC(=O)c2c(F)cccc2F)nc1.Cc1sc(-c2cccnc2)nc1-c1ccc(NC(=O)c2c(F)cccc2F)nc1.O=C(Cl)c1c(F)cccc1F.[Br-].[CH2-]C.[Mg+2]. The first-order valence-corrected chi connectivity index (χ1v) is 34.9. The van der Waals surface area contributed by atoms with Crippen LogP contribution in [0.4, 0.5) is 73.0 Å². The third-order valence-corrected chi connectivity index (χ3v) is 16.2. The van der Waals surface area contributed by atoms with E-state index in [-0.39, 0.29) is 80.2 Å². The third kappa shape index (κ3) is 28.6. The van der Waals surface area contributed by atoms with Gasteiger partial charge in [-0.15, -0.1) is 11.3 Å². The number of halogens is 12. The van der Waals surface area contributed by atoms with Crippen LogP contribution in [0.2, 0.25) is 0 Å². The van der Waals surface area contributed by atoms with Crippen molar-refractivity contribution in [3.05, 3.63) is 327 Å². The maximum Gasteiger partial charge on any atom is 2.00 e. The van der Waals surface area contributed by atoms with E-state index in [9.17, 15) is 87.1 Å². The fourth-order valence-electron chi connectivity index (χ4n) is 9.19. The average molecular weight is 1770 g/mol. The van der Waals surface area contributed by atoms with Gasteiger partial charge >= 0.3 is 35.0 Å². The molecule has 0 atom stereocenters. The van der Waals surface area contributed by atoms with Crippen LogP contribution in [0.25, 0.3) is 21.8 Å². The van der Waals surface area contributed by atoms with Crippen molar-refractivity contribution in [2.75, 3.05) is 55.4 Å². The number of anilines is 5. The minimum absolute atomic E-state index is 0. The number of aryl methyl sites for hydroxylation is 1. The molecule has 5 aromatic carbocycles. The minimum Gasteiger partial charge on any atom is -1.00 e. The number of esters is 2. The van der Waals surface area contributed by atoms with Crippen molar-refractivity contribution in [1.82, 2.24) is 40.0 Å². The predicted molar refractivity (Wildman–Crippen MR) is 422 cm³/mol. The number of carbonyl (C=O) groups is 9. The summed E-state index contributed by atoms with van der Waals surface area (Å²) in [5.41, 5.74) is 5.59. The van der Waals surface area contributed by atoms with Gasteiger partial charge in [-0.25, -0.2) is 88.5 Å². The van der Waals surface area contributed by atoms with E-state index in [1.165, 1.54) is 102 Å². The van der Waals surface area contributed by atoms with Gasteiger partial charge in [0, 0.05) is 78.4 Å². The number of methoxy groups -OCH3 is 2. The van der Waals surface area contributed by atoms with Crippen molar-refractivity contribution in [3.8, 4) is 21.8 Å².